The molecule has 0 atom stereocenters. The largest absolute Gasteiger partial charge is 0.436 e. The standard InChI is InChI=1S/C12H14F4O3S/c1-10(2,3)8-4-6-9(7-5-8)11(13,14)12(15,16)20(17,18)19/h4-7H,1-3H3,(H,17,18,19). The Kier molecular flexibility index (Phi) is 3.97. The van der Waals surface area contributed by atoms with E-state index in [-0.39, 0.29) is 5.41 Å². The van der Waals surface area contributed by atoms with E-state index in [1.54, 1.807) is 20.8 Å². The van der Waals surface area contributed by atoms with Crippen LogP contribution in [0.15, 0.2) is 24.3 Å². The van der Waals surface area contributed by atoms with Gasteiger partial charge >= 0.3 is 21.3 Å². The van der Waals surface area contributed by atoms with E-state index in [1.807, 2.05) is 0 Å². The summed E-state index contributed by atoms with van der Waals surface area (Å²) in [7, 11) is -6.23. The van der Waals surface area contributed by atoms with Crippen LogP contribution in [0.3, 0.4) is 0 Å². The Morgan fingerprint density at radius 2 is 1.25 bits per heavy atom. The van der Waals surface area contributed by atoms with Gasteiger partial charge in [-0.2, -0.15) is 26.0 Å². The molecule has 0 aliphatic heterocycles. The van der Waals surface area contributed by atoms with Gasteiger partial charge in [0, 0.05) is 5.56 Å². The van der Waals surface area contributed by atoms with Gasteiger partial charge in [-0.25, -0.2) is 0 Å². The Morgan fingerprint density at radius 1 is 0.900 bits per heavy atom. The number of hydrogen-bond acceptors (Lipinski definition) is 2. The van der Waals surface area contributed by atoms with Crippen molar-refractivity contribution in [1.29, 1.82) is 0 Å². The highest BCUT2D eigenvalue weighted by Crippen LogP contribution is 2.46. The van der Waals surface area contributed by atoms with E-state index >= 15 is 0 Å². The topological polar surface area (TPSA) is 54.4 Å². The Labute approximate surface area is 114 Å². The highest BCUT2D eigenvalue weighted by molar-refractivity contribution is 7.86. The Hall–Kier alpha value is -1.15. The molecule has 1 aromatic rings. The molecule has 114 valence electrons. The van der Waals surface area contributed by atoms with E-state index in [4.69, 9.17) is 4.55 Å². The molecule has 0 heterocycles. The molecule has 3 nitrogen and oxygen atoms in total. The second-order valence-corrected chi connectivity index (χ2v) is 6.86. The lowest BCUT2D eigenvalue weighted by Crippen LogP contribution is -2.44. The lowest BCUT2D eigenvalue weighted by molar-refractivity contribution is -0.167. The fraction of sp³-hybridized carbons (Fsp3) is 0.500. The molecule has 0 amide bonds. The summed E-state index contributed by atoms with van der Waals surface area (Å²) in [6.45, 7) is 5.40. The summed E-state index contributed by atoms with van der Waals surface area (Å²) in [6.07, 6.45) is 0. The van der Waals surface area contributed by atoms with Crippen LogP contribution in [-0.2, 0) is 21.5 Å². The monoisotopic (exact) mass is 314 g/mol. The van der Waals surface area contributed by atoms with Crippen LogP contribution in [0.25, 0.3) is 0 Å². The molecule has 0 spiro atoms. The van der Waals surface area contributed by atoms with Crippen molar-refractivity contribution in [1.82, 2.24) is 0 Å². The molecule has 8 heteroatoms. The third-order valence-electron chi connectivity index (χ3n) is 2.80. The van der Waals surface area contributed by atoms with Crippen LogP contribution in [0, 0.1) is 0 Å². The summed E-state index contributed by atoms with van der Waals surface area (Å²) in [5, 5.41) is -5.59. The van der Waals surface area contributed by atoms with Crippen molar-refractivity contribution in [3.63, 3.8) is 0 Å². The van der Waals surface area contributed by atoms with Gasteiger partial charge in [0.15, 0.2) is 0 Å². The van der Waals surface area contributed by atoms with Gasteiger partial charge in [-0.1, -0.05) is 45.0 Å². The Balaban J connectivity index is 3.31. The van der Waals surface area contributed by atoms with E-state index in [9.17, 15) is 26.0 Å². The first kappa shape index (κ1) is 16.9. The zero-order valence-electron chi connectivity index (χ0n) is 11.0. The molecule has 0 aliphatic rings. The zero-order valence-corrected chi connectivity index (χ0v) is 11.8. The van der Waals surface area contributed by atoms with Crippen molar-refractivity contribution in [2.75, 3.05) is 0 Å². The van der Waals surface area contributed by atoms with E-state index in [0.717, 1.165) is 12.1 Å². The van der Waals surface area contributed by atoms with Gasteiger partial charge < -0.3 is 0 Å². The van der Waals surface area contributed by atoms with Crippen LogP contribution >= 0.6 is 0 Å². The summed E-state index contributed by atoms with van der Waals surface area (Å²) in [4.78, 5) is 0. The van der Waals surface area contributed by atoms with Crippen LogP contribution in [-0.4, -0.2) is 18.2 Å². The van der Waals surface area contributed by atoms with Gasteiger partial charge in [-0.05, 0) is 11.0 Å². The summed E-state index contributed by atoms with van der Waals surface area (Å²) in [5.74, 6) is -5.03. The minimum absolute atomic E-state index is 0.376. The van der Waals surface area contributed by atoms with Crippen molar-refractivity contribution >= 4 is 10.1 Å². The Bertz CT molecular complexity index is 586. The van der Waals surface area contributed by atoms with Gasteiger partial charge in [0.2, 0.25) is 0 Å². The summed E-state index contributed by atoms with van der Waals surface area (Å²) in [5.41, 5.74) is -0.945. The second-order valence-electron chi connectivity index (χ2n) is 5.39. The predicted molar refractivity (Wildman–Crippen MR) is 65.5 cm³/mol. The van der Waals surface area contributed by atoms with E-state index in [2.05, 4.69) is 0 Å². The number of hydrogen-bond donors (Lipinski definition) is 1. The fourth-order valence-electron chi connectivity index (χ4n) is 1.51. The van der Waals surface area contributed by atoms with Crippen molar-refractivity contribution in [2.24, 2.45) is 0 Å². The fourth-order valence-corrected chi connectivity index (χ4v) is 1.95. The predicted octanol–water partition coefficient (Wildman–Crippen LogP) is 3.56. The molecule has 20 heavy (non-hydrogen) atoms. The molecule has 1 aromatic carbocycles. The first-order valence-electron chi connectivity index (χ1n) is 5.55. The molecular formula is C12H14F4O3S. The van der Waals surface area contributed by atoms with Crippen molar-refractivity contribution in [3.8, 4) is 0 Å². The maximum Gasteiger partial charge on any atom is 0.436 e. The highest BCUT2D eigenvalue weighted by atomic mass is 32.2. The van der Waals surface area contributed by atoms with E-state index < -0.39 is 26.9 Å². The van der Waals surface area contributed by atoms with Crippen LogP contribution < -0.4 is 0 Å². The maximum absolute atomic E-state index is 13.6. The second kappa shape index (κ2) is 4.70. The number of alkyl halides is 4. The lowest BCUT2D eigenvalue weighted by Gasteiger charge is -2.25. The zero-order chi connectivity index (χ0) is 16.0. The van der Waals surface area contributed by atoms with Gasteiger partial charge in [-0.3, -0.25) is 4.55 Å². The molecule has 0 radical (unpaired) electrons. The summed E-state index contributed by atoms with van der Waals surface area (Å²) in [6, 6.07) is 3.87. The summed E-state index contributed by atoms with van der Waals surface area (Å²) < 4.78 is 82.5. The third kappa shape index (κ3) is 2.80. The van der Waals surface area contributed by atoms with Crippen molar-refractivity contribution in [2.45, 2.75) is 37.4 Å². The van der Waals surface area contributed by atoms with Crippen molar-refractivity contribution in [3.05, 3.63) is 35.4 Å². The molecule has 0 bridgehead atoms. The van der Waals surface area contributed by atoms with E-state index in [1.165, 1.54) is 12.1 Å². The quantitative estimate of drug-likeness (QED) is 0.685. The maximum atomic E-state index is 13.6. The molecule has 0 saturated heterocycles. The average molecular weight is 314 g/mol. The molecule has 1 N–H and O–H groups in total. The van der Waals surface area contributed by atoms with Crippen LogP contribution in [0.1, 0.15) is 31.9 Å². The first-order chi connectivity index (χ1) is 8.71. The van der Waals surface area contributed by atoms with Crippen molar-refractivity contribution < 1.29 is 30.5 Å². The van der Waals surface area contributed by atoms with Gasteiger partial charge in [-0.15, -0.1) is 0 Å². The number of rotatable bonds is 3. The Morgan fingerprint density at radius 3 is 1.55 bits per heavy atom. The van der Waals surface area contributed by atoms with Gasteiger partial charge in [0.1, 0.15) is 0 Å². The van der Waals surface area contributed by atoms with Crippen LogP contribution in [0.2, 0.25) is 0 Å². The summed E-state index contributed by atoms with van der Waals surface area (Å²) >= 11 is 0. The molecule has 0 aliphatic carbocycles. The van der Waals surface area contributed by atoms with Gasteiger partial charge in [0.05, 0.1) is 0 Å². The number of benzene rings is 1. The molecular weight excluding hydrogens is 300 g/mol. The minimum atomic E-state index is -6.23. The normalized spacial score (nSPS) is 14.4. The SMILES string of the molecule is CC(C)(C)c1ccc(C(F)(F)C(F)(F)S(=O)(=O)O)cc1. The van der Waals surface area contributed by atoms with Crippen LogP contribution in [0.5, 0.6) is 0 Å². The smallest absolute Gasteiger partial charge is 0.281 e. The molecule has 0 saturated carbocycles. The third-order valence-corrected chi connectivity index (χ3v) is 3.71. The number of halogens is 4. The molecule has 0 fully saturated rings. The molecule has 1 rings (SSSR count). The minimum Gasteiger partial charge on any atom is -0.281 e. The molecule has 0 unspecified atom stereocenters. The van der Waals surface area contributed by atoms with Crippen LogP contribution in [0.4, 0.5) is 17.6 Å². The first-order valence-corrected chi connectivity index (χ1v) is 6.99. The lowest BCUT2D eigenvalue weighted by atomic mass is 9.86. The van der Waals surface area contributed by atoms with E-state index in [0.29, 0.717) is 5.56 Å². The highest BCUT2D eigenvalue weighted by Gasteiger charge is 2.66. The molecule has 0 aromatic heterocycles. The van der Waals surface area contributed by atoms with Gasteiger partial charge in [0.25, 0.3) is 0 Å². The average Bonchev–Trinajstić information content (AvgIpc) is 2.26.